The SMILES string of the molecule is CCc1nnc(NC(=O)c2cccc3ccccc23)s1. The van der Waals surface area contributed by atoms with E-state index in [0.29, 0.717) is 10.7 Å². The number of hydrogen-bond donors (Lipinski definition) is 1. The van der Waals surface area contributed by atoms with Crippen LogP contribution >= 0.6 is 11.3 Å². The Morgan fingerprint density at radius 1 is 1.15 bits per heavy atom. The van der Waals surface area contributed by atoms with Crippen molar-refractivity contribution in [1.29, 1.82) is 0 Å². The number of nitrogens with zero attached hydrogens (tertiary/aromatic N) is 2. The third kappa shape index (κ3) is 2.40. The Morgan fingerprint density at radius 2 is 1.95 bits per heavy atom. The second kappa shape index (κ2) is 5.38. The van der Waals surface area contributed by atoms with Crippen molar-refractivity contribution < 1.29 is 4.79 Å². The molecule has 0 unspecified atom stereocenters. The Morgan fingerprint density at radius 3 is 2.75 bits per heavy atom. The number of carbonyl (C=O) groups is 1. The highest BCUT2D eigenvalue weighted by Crippen LogP contribution is 2.21. The molecular formula is C15H13N3OS. The van der Waals surface area contributed by atoms with Gasteiger partial charge in [0.15, 0.2) is 0 Å². The molecule has 0 saturated heterocycles. The van der Waals surface area contributed by atoms with Gasteiger partial charge in [-0.15, -0.1) is 10.2 Å². The van der Waals surface area contributed by atoms with E-state index in [1.807, 2.05) is 49.4 Å². The zero-order chi connectivity index (χ0) is 13.9. The van der Waals surface area contributed by atoms with Crippen molar-refractivity contribution in [3.05, 3.63) is 53.0 Å². The van der Waals surface area contributed by atoms with Crippen LogP contribution in [0.5, 0.6) is 0 Å². The van der Waals surface area contributed by atoms with Crippen LogP contribution < -0.4 is 5.32 Å². The average molecular weight is 283 g/mol. The number of aryl methyl sites for hydroxylation is 1. The molecule has 1 aromatic heterocycles. The van der Waals surface area contributed by atoms with Gasteiger partial charge in [-0.1, -0.05) is 54.7 Å². The highest BCUT2D eigenvalue weighted by molar-refractivity contribution is 7.15. The second-order valence-corrected chi connectivity index (χ2v) is 5.40. The summed E-state index contributed by atoms with van der Waals surface area (Å²) in [6, 6.07) is 13.5. The van der Waals surface area contributed by atoms with Gasteiger partial charge in [-0.3, -0.25) is 10.1 Å². The maximum Gasteiger partial charge on any atom is 0.258 e. The van der Waals surface area contributed by atoms with Crippen molar-refractivity contribution in [3.8, 4) is 0 Å². The molecule has 2 aromatic carbocycles. The minimum atomic E-state index is -0.152. The van der Waals surface area contributed by atoms with Crippen LogP contribution in [0.15, 0.2) is 42.5 Å². The molecule has 100 valence electrons. The fourth-order valence-electron chi connectivity index (χ4n) is 2.03. The summed E-state index contributed by atoms with van der Waals surface area (Å²) < 4.78 is 0. The van der Waals surface area contributed by atoms with Gasteiger partial charge in [0.25, 0.3) is 5.91 Å². The van der Waals surface area contributed by atoms with Crippen molar-refractivity contribution >= 4 is 33.1 Å². The molecule has 1 amide bonds. The largest absolute Gasteiger partial charge is 0.296 e. The number of aromatic nitrogens is 2. The Kier molecular flexibility index (Phi) is 3.43. The van der Waals surface area contributed by atoms with Crippen molar-refractivity contribution in [2.45, 2.75) is 13.3 Å². The van der Waals surface area contributed by atoms with E-state index in [0.717, 1.165) is 22.2 Å². The number of benzene rings is 2. The summed E-state index contributed by atoms with van der Waals surface area (Å²) in [5, 5.41) is 14.2. The monoisotopic (exact) mass is 283 g/mol. The molecule has 0 radical (unpaired) electrons. The van der Waals surface area contributed by atoms with Crippen LogP contribution in [0.3, 0.4) is 0 Å². The Bertz CT molecular complexity index is 761. The molecule has 4 nitrogen and oxygen atoms in total. The van der Waals surface area contributed by atoms with Crippen LogP contribution in [-0.2, 0) is 6.42 Å². The molecule has 0 aliphatic rings. The maximum atomic E-state index is 12.4. The van der Waals surface area contributed by atoms with Gasteiger partial charge in [0.05, 0.1) is 0 Å². The van der Waals surface area contributed by atoms with E-state index in [1.165, 1.54) is 11.3 Å². The molecule has 0 saturated carbocycles. The molecule has 0 aliphatic heterocycles. The van der Waals surface area contributed by atoms with E-state index < -0.39 is 0 Å². The van der Waals surface area contributed by atoms with Crippen LogP contribution in [-0.4, -0.2) is 16.1 Å². The second-order valence-electron chi connectivity index (χ2n) is 4.34. The number of amides is 1. The Balaban J connectivity index is 1.92. The van der Waals surface area contributed by atoms with Gasteiger partial charge in [0.1, 0.15) is 5.01 Å². The molecule has 1 N–H and O–H groups in total. The van der Waals surface area contributed by atoms with Gasteiger partial charge in [0, 0.05) is 5.56 Å². The number of rotatable bonds is 3. The zero-order valence-corrected chi connectivity index (χ0v) is 11.8. The van der Waals surface area contributed by atoms with Gasteiger partial charge in [-0.2, -0.15) is 0 Å². The summed E-state index contributed by atoms with van der Waals surface area (Å²) >= 11 is 1.41. The first-order chi connectivity index (χ1) is 9.78. The molecule has 3 aromatic rings. The lowest BCUT2D eigenvalue weighted by molar-refractivity contribution is 0.102. The molecule has 0 bridgehead atoms. The van der Waals surface area contributed by atoms with E-state index in [2.05, 4.69) is 15.5 Å². The number of nitrogens with one attached hydrogen (secondary N) is 1. The van der Waals surface area contributed by atoms with Crippen LogP contribution in [0.1, 0.15) is 22.3 Å². The van der Waals surface area contributed by atoms with E-state index in [-0.39, 0.29) is 5.91 Å². The van der Waals surface area contributed by atoms with Gasteiger partial charge in [-0.05, 0) is 23.3 Å². The summed E-state index contributed by atoms with van der Waals surface area (Å²) in [6.07, 6.45) is 0.821. The minimum absolute atomic E-state index is 0.152. The first kappa shape index (κ1) is 12.7. The van der Waals surface area contributed by atoms with Crippen LogP contribution in [0.2, 0.25) is 0 Å². The number of carbonyl (C=O) groups excluding carboxylic acids is 1. The van der Waals surface area contributed by atoms with Crippen LogP contribution in [0.4, 0.5) is 5.13 Å². The van der Waals surface area contributed by atoms with Crippen molar-refractivity contribution in [2.75, 3.05) is 5.32 Å². The van der Waals surface area contributed by atoms with E-state index in [4.69, 9.17) is 0 Å². The standard InChI is InChI=1S/C15H13N3OS/c1-2-13-17-18-15(20-13)16-14(19)12-9-5-7-10-6-3-4-8-11(10)12/h3-9H,2H2,1H3,(H,16,18,19). The molecular weight excluding hydrogens is 270 g/mol. The molecule has 0 aliphatic carbocycles. The average Bonchev–Trinajstić information content (AvgIpc) is 2.94. The zero-order valence-electron chi connectivity index (χ0n) is 11.0. The van der Waals surface area contributed by atoms with Crippen molar-refractivity contribution in [2.24, 2.45) is 0 Å². The molecule has 20 heavy (non-hydrogen) atoms. The van der Waals surface area contributed by atoms with Gasteiger partial charge < -0.3 is 0 Å². The van der Waals surface area contributed by atoms with Crippen LogP contribution in [0, 0.1) is 0 Å². The van der Waals surface area contributed by atoms with E-state index in [1.54, 1.807) is 0 Å². The van der Waals surface area contributed by atoms with Gasteiger partial charge in [-0.25, -0.2) is 0 Å². The minimum Gasteiger partial charge on any atom is -0.296 e. The molecule has 5 heteroatoms. The maximum absolute atomic E-state index is 12.4. The lowest BCUT2D eigenvalue weighted by Crippen LogP contribution is -2.12. The first-order valence-electron chi connectivity index (χ1n) is 6.39. The summed E-state index contributed by atoms with van der Waals surface area (Å²) in [4.78, 5) is 12.4. The molecule has 3 rings (SSSR count). The number of anilines is 1. The van der Waals surface area contributed by atoms with Crippen molar-refractivity contribution in [1.82, 2.24) is 10.2 Å². The third-order valence-corrected chi connectivity index (χ3v) is 4.01. The van der Waals surface area contributed by atoms with Gasteiger partial charge in [0.2, 0.25) is 5.13 Å². The lowest BCUT2D eigenvalue weighted by Gasteiger charge is -2.05. The highest BCUT2D eigenvalue weighted by Gasteiger charge is 2.12. The van der Waals surface area contributed by atoms with E-state index >= 15 is 0 Å². The summed E-state index contributed by atoms with van der Waals surface area (Å²) in [5.74, 6) is -0.152. The number of fused-ring (bicyclic) bond motifs is 1. The topological polar surface area (TPSA) is 54.9 Å². The first-order valence-corrected chi connectivity index (χ1v) is 7.21. The Labute approximate surface area is 120 Å². The number of hydrogen-bond acceptors (Lipinski definition) is 4. The molecule has 0 atom stereocenters. The van der Waals surface area contributed by atoms with Crippen molar-refractivity contribution in [3.63, 3.8) is 0 Å². The normalized spacial score (nSPS) is 10.7. The summed E-state index contributed by atoms with van der Waals surface area (Å²) in [6.45, 7) is 2.01. The molecule has 0 spiro atoms. The smallest absolute Gasteiger partial charge is 0.258 e. The predicted octanol–water partition coefficient (Wildman–Crippen LogP) is 3.51. The summed E-state index contributed by atoms with van der Waals surface area (Å²) in [7, 11) is 0. The third-order valence-electron chi connectivity index (χ3n) is 3.02. The Hall–Kier alpha value is -2.27. The fraction of sp³-hybridized carbons (Fsp3) is 0.133. The van der Waals surface area contributed by atoms with Gasteiger partial charge >= 0.3 is 0 Å². The quantitative estimate of drug-likeness (QED) is 0.800. The van der Waals surface area contributed by atoms with E-state index in [9.17, 15) is 4.79 Å². The lowest BCUT2D eigenvalue weighted by atomic mass is 10.0. The van der Waals surface area contributed by atoms with Crippen LogP contribution in [0.25, 0.3) is 10.8 Å². The summed E-state index contributed by atoms with van der Waals surface area (Å²) in [5.41, 5.74) is 0.649. The molecule has 1 heterocycles. The fourth-order valence-corrected chi connectivity index (χ4v) is 2.71. The highest BCUT2D eigenvalue weighted by atomic mass is 32.1. The predicted molar refractivity (Wildman–Crippen MR) is 81.2 cm³/mol. The molecule has 0 fully saturated rings.